The molecule has 1 saturated heterocycles. The van der Waals surface area contributed by atoms with Gasteiger partial charge in [-0.25, -0.2) is 4.79 Å². The summed E-state index contributed by atoms with van der Waals surface area (Å²) in [4.78, 5) is 28.2. The van der Waals surface area contributed by atoms with E-state index in [2.05, 4.69) is 10.2 Å². The first kappa shape index (κ1) is 21.2. The van der Waals surface area contributed by atoms with Crippen LogP contribution in [0.1, 0.15) is 36.7 Å². The van der Waals surface area contributed by atoms with Crippen molar-refractivity contribution in [3.63, 3.8) is 0 Å². The minimum Gasteiger partial charge on any atom is -0.444 e. The molecule has 7 heteroatoms. The number of methoxy groups -OCH3 is 1. The number of amides is 2. The van der Waals surface area contributed by atoms with Crippen molar-refractivity contribution in [1.82, 2.24) is 15.1 Å². The molecule has 150 valence electrons. The summed E-state index contributed by atoms with van der Waals surface area (Å²) in [7, 11) is 1.65. The number of hydrogen-bond donors (Lipinski definition) is 1. The molecule has 2 amide bonds. The van der Waals surface area contributed by atoms with Gasteiger partial charge in [0.15, 0.2) is 0 Å². The average Bonchev–Trinajstić information content (AvgIpc) is 2.61. The van der Waals surface area contributed by atoms with Crippen molar-refractivity contribution in [2.24, 2.45) is 0 Å². The molecular weight excluding hydrogens is 346 g/mol. The summed E-state index contributed by atoms with van der Waals surface area (Å²) < 4.78 is 10.5. The fraction of sp³-hybridized carbons (Fsp3) is 0.600. The monoisotopic (exact) mass is 377 g/mol. The largest absolute Gasteiger partial charge is 0.444 e. The first-order valence-electron chi connectivity index (χ1n) is 9.35. The molecule has 1 aromatic rings. The molecule has 0 unspecified atom stereocenters. The molecule has 1 aliphatic rings. The Morgan fingerprint density at radius 2 is 1.70 bits per heavy atom. The van der Waals surface area contributed by atoms with Crippen LogP contribution in [0, 0.1) is 0 Å². The summed E-state index contributed by atoms with van der Waals surface area (Å²) in [5.41, 5.74) is 1.21. The van der Waals surface area contributed by atoms with E-state index in [1.165, 1.54) is 0 Å². The molecule has 1 aromatic carbocycles. The standard InChI is InChI=1S/C20H31N3O4/c1-20(2,3)27-19(25)23-13-11-22(12-14-23)10-9-21-18(24)17-7-5-16(6-8-17)15-26-4/h5-8H,9-15H2,1-4H3,(H,21,24). The highest BCUT2D eigenvalue weighted by Crippen LogP contribution is 2.11. The Morgan fingerprint density at radius 3 is 2.26 bits per heavy atom. The summed E-state index contributed by atoms with van der Waals surface area (Å²) in [6.07, 6.45) is -0.257. The Balaban J connectivity index is 1.68. The van der Waals surface area contributed by atoms with Gasteiger partial charge in [0.25, 0.3) is 5.91 Å². The van der Waals surface area contributed by atoms with Gasteiger partial charge in [-0.05, 0) is 38.5 Å². The highest BCUT2D eigenvalue weighted by Gasteiger charge is 2.25. The molecule has 1 heterocycles. The van der Waals surface area contributed by atoms with Gasteiger partial charge >= 0.3 is 6.09 Å². The van der Waals surface area contributed by atoms with Crippen molar-refractivity contribution in [2.45, 2.75) is 33.0 Å². The van der Waals surface area contributed by atoms with Gasteiger partial charge in [0, 0.05) is 51.9 Å². The van der Waals surface area contributed by atoms with Gasteiger partial charge in [-0.3, -0.25) is 9.69 Å². The second kappa shape index (κ2) is 9.71. The minimum absolute atomic E-state index is 0.0774. The van der Waals surface area contributed by atoms with E-state index in [-0.39, 0.29) is 12.0 Å². The third-order valence-electron chi connectivity index (χ3n) is 4.26. The molecule has 0 bridgehead atoms. The van der Waals surface area contributed by atoms with Crippen LogP contribution in [0.4, 0.5) is 4.79 Å². The van der Waals surface area contributed by atoms with E-state index in [9.17, 15) is 9.59 Å². The molecule has 0 spiro atoms. The number of ether oxygens (including phenoxy) is 2. The molecule has 0 atom stereocenters. The number of hydrogen-bond acceptors (Lipinski definition) is 5. The second-order valence-corrected chi connectivity index (χ2v) is 7.69. The number of nitrogens with one attached hydrogen (secondary N) is 1. The van der Waals surface area contributed by atoms with Gasteiger partial charge in [-0.1, -0.05) is 12.1 Å². The predicted molar refractivity (Wildman–Crippen MR) is 104 cm³/mol. The first-order chi connectivity index (χ1) is 12.8. The van der Waals surface area contributed by atoms with Crippen molar-refractivity contribution in [3.8, 4) is 0 Å². The van der Waals surface area contributed by atoms with Crippen molar-refractivity contribution in [1.29, 1.82) is 0 Å². The van der Waals surface area contributed by atoms with Gasteiger partial charge in [0.05, 0.1) is 6.61 Å². The summed E-state index contributed by atoms with van der Waals surface area (Å²) in [5, 5.41) is 2.95. The van der Waals surface area contributed by atoms with E-state index in [4.69, 9.17) is 9.47 Å². The maximum Gasteiger partial charge on any atom is 0.410 e. The van der Waals surface area contributed by atoms with Gasteiger partial charge in [0.1, 0.15) is 5.60 Å². The van der Waals surface area contributed by atoms with Crippen LogP contribution < -0.4 is 5.32 Å². The number of piperazine rings is 1. The molecule has 1 N–H and O–H groups in total. The summed E-state index contributed by atoms with van der Waals surface area (Å²) in [6, 6.07) is 7.41. The van der Waals surface area contributed by atoms with Crippen LogP contribution in [0.15, 0.2) is 24.3 Å². The Morgan fingerprint density at radius 1 is 1.07 bits per heavy atom. The molecule has 0 saturated carbocycles. The highest BCUT2D eigenvalue weighted by molar-refractivity contribution is 5.94. The van der Waals surface area contributed by atoms with Crippen LogP contribution in [-0.4, -0.2) is 73.8 Å². The van der Waals surface area contributed by atoms with Gasteiger partial charge in [-0.15, -0.1) is 0 Å². The van der Waals surface area contributed by atoms with E-state index in [1.807, 2.05) is 45.0 Å². The maximum absolute atomic E-state index is 12.2. The molecule has 0 aromatic heterocycles. The lowest BCUT2D eigenvalue weighted by molar-refractivity contribution is 0.0147. The summed E-state index contributed by atoms with van der Waals surface area (Å²) in [6.45, 7) is 10.3. The van der Waals surface area contributed by atoms with Crippen molar-refractivity contribution < 1.29 is 19.1 Å². The van der Waals surface area contributed by atoms with Gasteiger partial charge < -0.3 is 19.7 Å². The zero-order valence-corrected chi connectivity index (χ0v) is 16.8. The Labute approximate surface area is 161 Å². The van der Waals surface area contributed by atoms with Gasteiger partial charge in [0.2, 0.25) is 0 Å². The van der Waals surface area contributed by atoms with Crippen molar-refractivity contribution in [3.05, 3.63) is 35.4 Å². The van der Waals surface area contributed by atoms with Crippen LogP contribution in [0.25, 0.3) is 0 Å². The van der Waals surface area contributed by atoms with Gasteiger partial charge in [-0.2, -0.15) is 0 Å². The topological polar surface area (TPSA) is 71.1 Å². The fourth-order valence-corrected chi connectivity index (χ4v) is 2.83. The number of carbonyl (C=O) groups is 2. The fourth-order valence-electron chi connectivity index (χ4n) is 2.83. The number of rotatable bonds is 6. The first-order valence-corrected chi connectivity index (χ1v) is 9.35. The highest BCUT2D eigenvalue weighted by atomic mass is 16.6. The molecule has 2 rings (SSSR count). The van der Waals surface area contributed by atoms with Crippen LogP contribution in [-0.2, 0) is 16.1 Å². The van der Waals surface area contributed by atoms with Crippen LogP contribution in [0.3, 0.4) is 0 Å². The molecule has 0 aliphatic carbocycles. The third-order valence-corrected chi connectivity index (χ3v) is 4.26. The number of benzene rings is 1. The zero-order valence-electron chi connectivity index (χ0n) is 16.8. The van der Waals surface area contributed by atoms with E-state index < -0.39 is 5.60 Å². The lowest BCUT2D eigenvalue weighted by atomic mass is 10.1. The number of carbonyl (C=O) groups excluding carboxylic acids is 2. The lowest BCUT2D eigenvalue weighted by Crippen LogP contribution is -2.51. The zero-order chi connectivity index (χ0) is 19.9. The van der Waals surface area contributed by atoms with Crippen LogP contribution in [0.2, 0.25) is 0 Å². The average molecular weight is 377 g/mol. The van der Waals surface area contributed by atoms with Crippen molar-refractivity contribution in [2.75, 3.05) is 46.4 Å². The Hall–Kier alpha value is -2.12. The van der Waals surface area contributed by atoms with E-state index >= 15 is 0 Å². The maximum atomic E-state index is 12.2. The van der Waals surface area contributed by atoms with Crippen molar-refractivity contribution >= 4 is 12.0 Å². The normalized spacial score (nSPS) is 15.5. The lowest BCUT2D eigenvalue weighted by Gasteiger charge is -2.35. The Bertz CT molecular complexity index is 617. The number of nitrogens with zero attached hydrogens (tertiary/aromatic N) is 2. The SMILES string of the molecule is COCc1ccc(C(=O)NCCN2CCN(C(=O)OC(C)(C)C)CC2)cc1. The summed E-state index contributed by atoms with van der Waals surface area (Å²) in [5.74, 6) is -0.0774. The second-order valence-electron chi connectivity index (χ2n) is 7.69. The molecule has 7 nitrogen and oxygen atoms in total. The smallest absolute Gasteiger partial charge is 0.410 e. The van der Waals surface area contributed by atoms with E-state index in [0.717, 1.165) is 25.2 Å². The quantitative estimate of drug-likeness (QED) is 0.822. The molecule has 1 aliphatic heterocycles. The summed E-state index contributed by atoms with van der Waals surface area (Å²) >= 11 is 0. The third kappa shape index (κ3) is 7.19. The minimum atomic E-state index is -0.472. The van der Waals surface area contributed by atoms with Crippen LogP contribution >= 0.6 is 0 Å². The van der Waals surface area contributed by atoms with Crippen LogP contribution in [0.5, 0.6) is 0 Å². The van der Waals surface area contributed by atoms with E-state index in [0.29, 0.717) is 31.8 Å². The molecule has 27 heavy (non-hydrogen) atoms. The molecule has 0 radical (unpaired) electrons. The molecular formula is C20H31N3O4. The van der Waals surface area contributed by atoms with E-state index in [1.54, 1.807) is 12.0 Å². The Kier molecular flexibility index (Phi) is 7.62. The predicted octanol–water partition coefficient (Wildman–Crippen LogP) is 2.12. The molecule has 1 fully saturated rings.